The Bertz CT molecular complexity index is 658. The third kappa shape index (κ3) is 3.12. The highest BCUT2D eigenvalue weighted by Crippen LogP contribution is 2.34. The largest absolute Gasteiger partial charge is 0.351 e. The maximum Gasteiger partial charge on any atom is 0.242 e. The van der Waals surface area contributed by atoms with Crippen molar-refractivity contribution in [2.45, 2.75) is 50.2 Å². The van der Waals surface area contributed by atoms with Gasteiger partial charge in [-0.05, 0) is 24.8 Å². The molecular formula is C17H22FN5O2. The number of rotatable bonds is 3. The number of nitrogens with zero attached hydrogens (tertiary/aromatic N) is 1. The van der Waals surface area contributed by atoms with Crippen LogP contribution >= 0.6 is 0 Å². The number of carbonyl (C=O) groups excluding carboxylic acids is 2. The summed E-state index contributed by atoms with van der Waals surface area (Å²) in [5, 5.41) is 7.62. The quantitative estimate of drug-likeness (QED) is 0.617. The summed E-state index contributed by atoms with van der Waals surface area (Å²) in [4.78, 5) is 24.9. The molecule has 0 aromatic heterocycles. The van der Waals surface area contributed by atoms with Crippen molar-refractivity contribution in [3.05, 3.63) is 35.9 Å². The van der Waals surface area contributed by atoms with Crippen molar-refractivity contribution in [3.8, 4) is 0 Å². The number of alkyl halides is 1. The van der Waals surface area contributed by atoms with Gasteiger partial charge in [0.25, 0.3) is 0 Å². The summed E-state index contributed by atoms with van der Waals surface area (Å²) in [7, 11) is 0. The van der Waals surface area contributed by atoms with Crippen LogP contribution in [0.15, 0.2) is 30.3 Å². The first-order valence-corrected chi connectivity index (χ1v) is 8.69. The van der Waals surface area contributed by atoms with Crippen LogP contribution in [0, 0.1) is 5.92 Å². The highest BCUT2D eigenvalue weighted by molar-refractivity contribution is 5.86. The molecule has 134 valence electrons. The predicted octanol–water partition coefficient (Wildman–Crippen LogP) is -0.0411. The van der Waals surface area contributed by atoms with Gasteiger partial charge in [0.15, 0.2) is 0 Å². The van der Waals surface area contributed by atoms with E-state index in [-0.39, 0.29) is 30.2 Å². The zero-order valence-corrected chi connectivity index (χ0v) is 13.7. The minimum absolute atomic E-state index is 0.0924. The van der Waals surface area contributed by atoms with Crippen LogP contribution in [0.2, 0.25) is 0 Å². The monoisotopic (exact) mass is 347 g/mol. The minimum Gasteiger partial charge on any atom is -0.351 e. The number of nitrogens with one attached hydrogen (secondary N) is 4. The first-order valence-electron chi connectivity index (χ1n) is 8.69. The Hall–Kier alpha value is -2.03. The third-order valence-corrected chi connectivity index (χ3v) is 5.29. The van der Waals surface area contributed by atoms with E-state index >= 15 is 0 Å². The molecule has 4 rings (SSSR count). The summed E-state index contributed by atoms with van der Waals surface area (Å²) in [6, 6.07) is 8.95. The second kappa shape index (κ2) is 6.70. The molecule has 5 unspecified atom stereocenters. The second-order valence-electron chi connectivity index (χ2n) is 6.88. The Morgan fingerprint density at radius 3 is 2.88 bits per heavy atom. The van der Waals surface area contributed by atoms with E-state index in [0.29, 0.717) is 19.4 Å². The zero-order valence-electron chi connectivity index (χ0n) is 13.7. The van der Waals surface area contributed by atoms with Gasteiger partial charge in [-0.1, -0.05) is 30.3 Å². The van der Waals surface area contributed by atoms with Crippen LogP contribution in [0.3, 0.4) is 0 Å². The summed E-state index contributed by atoms with van der Waals surface area (Å²) in [6.07, 6.45) is -0.107. The van der Waals surface area contributed by atoms with E-state index in [9.17, 15) is 14.0 Å². The number of hydrogen-bond acceptors (Lipinski definition) is 5. The van der Waals surface area contributed by atoms with E-state index < -0.39 is 18.4 Å². The Labute approximate surface area is 145 Å². The molecule has 2 aliphatic heterocycles. The lowest BCUT2D eigenvalue weighted by Crippen LogP contribution is -2.67. The fourth-order valence-corrected chi connectivity index (χ4v) is 3.97. The lowest BCUT2D eigenvalue weighted by molar-refractivity contribution is -0.141. The van der Waals surface area contributed by atoms with E-state index in [1.165, 1.54) is 0 Å². The maximum atomic E-state index is 13.6. The van der Waals surface area contributed by atoms with Gasteiger partial charge < -0.3 is 10.6 Å². The van der Waals surface area contributed by atoms with E-state index in [1.807, 2.05) is 35.3 Å². The zero-order chi connectivity index (χ0) is 17.4. The van der Waals surface area contributed by atoms with Gasteiger partial charge in [0.2, 0.25) is 11.8 Å². The van der Waals surface area contributed by atoms with Crippen molar-refractivity contribution >= 4 is 11.8 Å². The number of fused-ring (bicyclic) bond motifs is 3. The Morgan fingerprint density at radius 2 is 2.08 bits per heavy atom. The predicted molar refractivity (Wildman–Crippen MR) is 88.1 cm³/mol. The molecule has 3 aliphatic rings. The summed E-state index contributed by atoms with van der Waals surface area (Å²) in [5.41, 5.74) is 6.97. The molecule has 3 fully saturated rings. The van der Waals surface area contributed by atoms with E-state index in [1.54, 1.807) is 0 Å². The summed E-state index contributed by atoms with van der Waals surface area (Å²) in [6.45, 7) is 0.425. The van der Waals surface area contributed by atoms with Gasteiger partial charge in [0, 0.05) is 12.6 Å². The van der Waals surface area contributed by atoms with Gasteiger partial charge in [0.1, 0.15) is 18.4 Å². The summed E-state index contributed by atoms with van der Waals surface area (Å²) >= 11 is 0. The van der Waals surface area contributed by atoms with Crippen molar-refractivity contribution < 1.29 is 14.0 Å². The molecule has 1 aliphatic carbocycles. The van der Waals surface area contributed by atoms with Crippen LogP contribution in [0.1, 0.15) is 24.8 Å². The highest BCUT2D eigenvalue weighted by atomic mass is 19.1. The molecule has 1 saturated carbocycles. The van der Waals surface area contributed by atoms with Crippen LogP contribution in [0.5, 0.6) is 0 Å². The lowest BCUT2D eigenvalue weighted by atomic mass is 9.80. The second-order valence-corrected chi connectivity index (χ2v) is 6.88. The average molecular weight is 347 g/mol. The number of hydrazine groups is 2. The topological polar surface area (TPSA) is 85.5 Å². The maximum absolute atomic E-state index is 13.6. The van der Waals surface area contributed by atoms with Crippen LogP contribution in [0.25, 0.3) is 0 Å². The highest BCUT2D eigenvalue weighted by Gasteiger charge is 2.52. The molecule has 0 radical (unpaired) electrons. The number of amides is 2. The van der Waals surface area contributed by atoms with Gasteiger partial charge in [-0.3, -0.25) is 9.59 Å². The van der Waals surface area contributed by atoms with Gasteiger partial charge in [-0.15, -0.1) is 0 Å². The van der Waals surface area contributed by atoms with Gasteiger partial charge >= 0.3 is 0 Å². The molecule has 7 nitrogen and oxygen atoms in total. The molecule has 1 aromatic carbocycles. The molecule has 0 spiro atoms. The number of hydrogen-bond donors (Lipinski definition) is 4. The van der Waals surface area contributed by atoms with Crippen molar-refractivity contribution in [3.63, 3.8) is 0 Å². The van der Waals surface area contributed by atoms with E-state index in [2.05, 4.69) is 21.6 Å². The summed E-state index contributed by atoms with van der Waals surface area (Å²) in [5.74, 6) is -0.734. The molecule has 2 heterocycles. The smallest absolute Gasteiger partial charge is 0.242 e. The summed E-state index contributed by atoms with van der Waals surface area (Å²) < 4.78 is 13.6. The first-order chi connectivity index (χ1) is 12.1. The van der Waals surface area contributed by atoms with Crippen LogP contribution in [0.4, 0.5) is 4.39 Å². The van der Waals surface area contributed by atoms with Crippen molar-refractivity contribution in [2.75, 3.05) is 0 Å². The Kier molecular flexibility index (Phi) is 4.41. The molecule has 1 aromatic rings. The number of carbonyl (C=O) groups is 2. The lowest BCUT2D eigenvalue weighted by Gasteiger charge is -2.45. The Morgan fingerprint density at radius 1 is 1.28 bits per heavy atom. The average Bonchev–Trinajstić information content (AvgIpc) is 3.04. The van der Waals surface area contributed by atoms with Gasteiger partial charge in [-0.25, -0.2) is 14.8 Å². The van der Waals surface area contributed by atoms with Crippen LogP contribution in [-0.2, 0) is 16.1 Å². The molecule has 2 saturated heterocycles. The third-order valence-electron chi connectivity index (χ3n) is 5.29. The molecule has 2 amide bonds. The van der Waals surface area contributed by atoms with E-state index in [0.717, 1.165) is 5.56 Å². The number of benzene rings is 1. The standard InChI is InChI=1S/C17H22FN5O2/c18-11-6-7-13-12(8-11)16(24)20-15-14(21-22-23(13)15)17(25)19-9-10-4-2-1-3-5-10/h1-5,11-15,21-22H,6-9H2,(H,19,25)(H,20,24). The fourth-order valence-electron chi connectivity index (χ4n) is 3.97. The minimum atomic E-state index is -0.927. The van der Waals surface area contributed by atoms with Crippen molar-refractivity contribution in [1.82, 2.24) is 26.6 Å². The molecule has 5 atom stereocenters. The van der Waals surface area contributed by atoms with Crippen LogP contribution in [-0.4, -0.2) is 41.2 Å². The Balaban J connectivity index is 1.42. The van der Waals surface area contributed by atoms with Gasteiger partial charge in [-0.2, -0.15) is 5.53 Å². The van der Waals surface area contributed by atoms with E-state index in [4.69, 9.17) is 0 Å². The normalized spacial score (nSPS) is 34.8. The fraction of sp³-hybridized carbons (Fsp3) is 0.529. The van der Waals surface area contributed by atoms with Gasteiger partial charge in [0.05, 0.1) is 5.92 Å². The molecule has 0 bridgehead atoms. The molecular weight excluding hydrogens is 325 g/mol. The molecule has 8 heteroatoms. The SMILES string of the molecule is O=C1NC2C(C(=O)NCc3ccccc3)NNN2C2CCC(F)CC12. The molecule has 25 heavy (non-hydrogen) atoms. The van der Waals surface area contributed by atoms with Crippen LogP contribution < -0.4 is 21.6 Å². The number of halogens is 1. The first kappa shape index (κ1) is 16.4. The van der Waals surface area contributed by atoms with Crippen molar-refractivity contribution in [2.24, 2.45) is 5.92 Å². The molecule has 4 N–H and O–H groups in total. The van der Waals surface area contributed by atoms with Crippen molar-refractivity contribution in [1.29, 1.82) is 0 Å².